The molecule has 1 aromatic heterocycles. The highest BCUT2D eigenvalue weighted by molar-refractivity contribution is 6.04. The van der Waals surface area contributed by atoms with Crippen molar-refractivity contribution in [2.75, 3.05) is 12.1 Å². The van der Waals surface area contributed by atoms with E-state index in [2.05, 4.69) is 15.5 Å². The molecular formula is C17H12N4O6. The third kappa shape index (κ3) is 3.11. The predicted molar refractivity (Wildman–Crippen MR) is 92.9 cm³/mol. The Hall–Kier alpha value is -4.08. The molecule has 3 aromatic rings. The second-order valence-electron chi connectivity index (χ2n) is 5.65. The van der Waals surface area contributed by atoms with Crippen LogP contribution in [-0.2, 0) is 0 Å². The topological polar surface area (TPSA) is 140 Å². The third-order valence-electron chi connectivity index (χ3n) is 3.93. The van der Waals surface area contributed by atoms with Gasteiger partial charge in [0.25, 0.3) is 11.6 Å². The SMILES string of the molecule is O=C(Nc1ccc([N+](=O)[O-])cc1O)c1cc(-c2ccc3c(c2)OCO3)n[nH]1. The van der Waals surface area contributed by atoms with E-state index < -0.39 is 16.6 Å². The molecule has 2 heterocycles. The lowest BCUT2D eigenvalue weighted by molar-refractivity contribution is -0.384. The smallest absolute Gasteiger partial charge is 0.273 e. The van der Waals surface area contributed by atoms with Crippen LogP contribution >= 0.6 is 0 Å². The number of H-pyrrole nitrogens is 1. The molecule has 0 atom stereocenters. The maximum absolute atomic E-state index is 12.3. The number of nitrogens with one attached hydrogen (secondary N) is 2. The van der Waals surface area contributed by atoms with Crippen LogP contribution in [0.15, 0.2) is 42.5 Å². The van der Waals surface area contributed by atoms with Crippen molar-refractivity contribution in [1.82, 2.24) is 10.2 Å². The predicted octanol–water partition coefficient (Wildman–Crippen LogP) is 2.67. The Morgan fingerprint density at radius 3 is 2.78 bits per heavy atom. The van der Waals surface area contributed by atoms with E-state index >= 15 is 0 Å². The fourth-order valence-corrected chi connectivity index (χ4v) is 2.57. The number of nitrogens with zero attached hydrogens (tertiary/aromatic N) is 2. The number of hydrogen-bond acceptors (Lipinski definition) is 7. The second-order valence-corrected chi connectivity index (χ2v) is 5.65. The Morgan fingerprint density at radius 1 is 1.19 bits per heavy atom. The Labute approximate surface area is 151 Å². The minimum atomic E-state index is -0.641. The molecular weight excluding hydrogens is 356 g/mol. The van der Waals surface area contributed by atoms with Crippen LogP contribution in [0, 0.1) is 10.1 Å². The molecule has 0 bridgehead atoms. The van der Waals surface area contributed by atoms with Gasteiger partial charge in [0.15, 0.2) is 11.5 Å². The van der Waals surface area contributed by atoms with E-state index in [1.807, 2.05) is 0 Å². The zero-order valence-corrected chi connectivity index (χ0v) is 13.6. The number of carbonyl (C=O) groups excluding carboxylic acids is 1. The summed E-state index contributed by atoms with van der Waals surface area (Å²) in [5.41, 5.74) is 1.17. The first-order valence-corrected chi connectivity index (χ1v) is 7.75. The van der Waals surface area contributed by atoms with Crippen LogP contribution in [0.5, 0.6) is 17.2 Å². The Morgan fingerprint density at radius 2 is 2.00 bits per heavy atom. The summed E-state index contributed by atoms with van der Waals surface area (Å²) in [4.78, 5) is 22.4. The number of phenols is 1. The van der Waals surface area contributed by atoms with Crippen molar-refractivity contribution in [1.29, 1.82) is 0 Å². The molecule has 2 aromatic carbocycles. The molecule has 0 spiro atoms. The van der Waals surface area contributed by atoms with Crippen LogP contribution in [0.1, 0.15) is 10.5 Å². The van der Waals surface area contributed by atoms with Crippen molar-refractivity contribution >= 4 is 17.3 Å². The highest BCUT2D eigenvalue weighted by atomic mass is 16.7. The minimum absolute atomic E-state index is 0.0461. The summed E-state index contributed by atoms with van der Waals surface area (Å²) in [5, 5.41) is 29.7. The number of aromatic amines is 1. The van der Waals surface area contributed by atoms with E-state index in [4.69, 9.17) is 9.47 Å². The largest absolute Gasteiger partial charge is 0.506 e. The number of rotatable bonds is 4. The van der Waals surface area contributed by atoms with Crippen molar-refractivity contribution in [3.63, 3.8) is 0 Å². The molecule has 1 aliphatic rings. The van der Waals surface area contributed by atoms with Crippen LogP contribution in [0.25, 0.3) is 11.3 Å². The molecule has 1 amide bonds. The third-order valence-corrected chi connectivity index (χ3v) is 3.93. The monoisotopic (exact) mass is 368 g/mol. The highest BCUT2D eigenvalue weighted by Gasteiger charge is 2.18. The van der Waals surface area contributed by atoms with Gasteiger partial charge < -0.3 is 19.9 Å². The molecule has 10 heteroatoms. The zero-order valence-electron chi connectivity index (χ0n) is 13.6. The van der Waals surface area contributed by atoms with E-state index in [0.717, 1.165) is 11.6 Å². The van der Waals surface area contributed by atoms with Crippen LogP contribution < -0.4 is 14.8 Å². The maximum atomic E-state index is 12.3. The number of non-ortho nitro benzene ring substituents is 1. The maximum Gasteiger partial charge on any atom is 0.273 e. The zero-order chi connectivity index (χ0) is 19.0. The average molecular weight is 368 g/mol. The van der Waals surface area contributed by atoms with E-state index in [0.29, 0.717) is 17.2 Å². The molecule has 0 saturated heterocycles. The van der Waals surface area contributed by atoms with Gasteiger partial charge in [-0.1, -0.05) is 0 Å². The molecule has 4 rings (SSSR count). The lowest BCUT2D eigenvalue weighted by atomic mass is 10.1. The minimum Gasteiger partial charge on any atom is -0.506 e. The molecule has 0 unspecified atom stereocenters. The fraction of sp³-hybridized carbons (Fsp3) is 0.0588. The standard InChI is InChI=1S/C17H12N4O6/c22-14-6-10(21(24)25)2-3-11(14)18-17(23)13-7-12(19-20-13)9-1-4-15-16(5-9)27-8-26-15/h1-7,22H,8H2,(H,18,23)(H,19,20). The van der Waals surface area contributed by atoms with Gasteiger partial charge in [0.05, 0.1) is 22.4 Å². The van der Waals surface area contributed by atoms with Gasteiger partial charge in [-0.2, -0.15) is 5.10 Å². The number of anilines is 1. The molecule has 0 aliphatic carbocycles. The number of fused-ring (bicyclic) bond motifs is 1. The molecule has 0 saturated carbocycles. The number of phenolic OH excluding ortho intramolecular Hbond substituents is 1. The van der Waals surface area contributed by atoms with Crippen LogP contribution in [0.4, 0.5) is 11.4 Å². The molecule has 136 valence electrons. The number of amides is 1. The summed E-state index contributed by atoms with van der Waals surface area (Å²) in [7, 11) is 0. The van der Waals surface area contributed by atoms with Gasteiger partial charge in [0.2, 0.25) is 6.79 Å². The molecule has 3 N–H and O–H groups in total. The van der Waals surface area contributed by atoms with Crippen molar-refractivity contribution in [3.05, 3.63) is 58.3 Å². The number of nitro benzene ring substituents is 1. The number of ether oxygens (including phenoxy) is 2. The molecule has 1 aliphatic heterocycles. The molecule has 0 radical (unpaired) electrons. The Kier molecular flexibility index (Phi) is 3.84. The summed E-state index contributed by atoms with van der Waals surface area (Å²) < 4.78 is 10.6. The first-order chi connectivity index (χ1) is 13.0. The average Bonchev–Trinajstić information content (AvgIpc) is 3.31. The molecule has 10 nitrogen and oxygen atoms in total. The lowest BCUT2D eigenvalue weighted by Gasteiger charge is -2.05. The van der Waals surface area contributed by atoms with Crippen molar-refractivity contribution < 1.29 is 24.3 Å². The quantitative estimate of drug-likeness (QED) is 0.365. The van der Waals surface area contributed by atoms with Crippen LogP contribution in [0.2, 0.25) is 0 Å². The first-order valence-electron chi connectivity index (χ1n) is 7.75. The number of aromatic nitrogens is 2. The number of aromatic hydroxyl groups is 1. The Balaban J connectivity index is 1.53. The van der Waals surface area contributed by atoms with Gasteiger partial charge in [-0.15, -0.1) is 0 Å². The lowest BCUT2D eigenvalue weighted by Crippen LogP contribution is -2.12. The summed E-state index contributed by atoms with van der Waals surface area (Å²) in [6.07, 6.45) is 0. The number of nitro groups is 1. The van der Waals surface area contributed by atoms with Gasteiger partial charge in [-0.05, 0) is 30.3 Å². The van der Waals surface area contributed by atoms with Gasteiger partial charge in [0, 0.05) is 11.6 Å². The summed E-state index contributed by atoms with van der Waals surface area (Å²) >= 11 is 0. The van der Waals surface area contributed by atoms with Crippen LogP contribution in [0.3, 0.4) is 0 Å². The summed E-state index contributed by atoms with van der Waals surface area (Å²) in [6.45, 7) is 0.158. The van der Waals surface area contributed by atoms with Gasteiger partial charge >= 0.3 is 0 Å². The Bertz CT molecular complexity index is 1060. The van der Waals surface area contributed by atoms with Crippen molar-refractivity contribution in [2.45, 2.75) is 0 Å². The van der Waals surface area contributed by atoms with E-state index in [1.165, 1.54) is 18.2 Å². The van der Waals surface area contributed by atoms with E-state index in [1.54, 1.807) is 18.2 Å². The highest BCUT2D eigenvalue weighted by Crippen LogP contribution is 2.35. The fourth-order valence-electron chi connectivity index (χ4n) is 2.57. The second kappa shape index (κ2) is 6.33. The molecule has 0 fully saturated rings. The van der Waals surface area contributed by atoms with Crippen molar-refractivity contribution in [3.8, 4) is 28.5 Å². The van der Waals surface area contributed by atoms with Crippen LogP contribution in [-0.4, -0.2) is 32.9 Å². The van der Waals surface area contributed by atoms with E-state index in [-0.39, 0.29) is 23.9 Å². The number of carbonyl (C=O) groups is 1. The normalized spacial score (nSPS) is 12.0. The van der Waals surface area contributed by atoms with Crippen molar-refractivity contribution in [2.24, 2.45) is 0 Å². The summed E-state index contributed by atoms with van der Waals surface area (Å²) in [6, 6.07) is 10.2. The van der Waals surface area contributed by atoms with E-state index in [9.17, 15) is 20.0 Å². The van der Waals surface area contributed by atoms with Gasteiger partial charge in [0.1, 0.15) is 11.4 Å². The number of hydrogen-bond donors (Lipinski definition) is 3. The van der Waals surface area contributed by atoms with Gasteiger partial charge in [-0.3, -0.25) is 20.0 Å². The first kappa shape index (κ1) is 16.4. The van der Waals surface area contributed by atoms with Gasteiger partial charge in [-0.25, -0.2) is 0 Å². The number of benzene rings is 2. The molecule has 27 heavy (non-hydrogen) atoms. The summed E-state index contributed by atoms with van der Waals surface area (Å²) in [5.74, 6) is 0.268.